The van der Waals surface area contributed by atoms with Crippen molar-refractivity contribution in [2.45, 2.75) is 24.9 Å². The Balaban J connectivity index is 1.66. The Morgan fingerprint density at radius 3 is 2.78 bits per heavy atom. The standard InChI is InChI=1S/C19H19ClFN5O/c1-26-18(7-16(25-26)11-2-3-11)27-17-6-13(20)10-24-19(17)15-5-4-12(9-23-15)14(21)8-22/h4-7,9-11,14H,2-3,8,22H2,1H3/t14-/m0/s1. The summed E-state index contributed by atoms with van der Waals surface area (Å²) in [5.41, 5.74) is 7.89. The van der Waals surface area contributed by atoms with Gasteiger partial charge in [0.2, 0.25) is 5.88 Å². The van der Waals surface area contributed by atoms with Crippen molar-refractivity contribution in [3.8, 4) is 23.0 Å². The minimum absolute atomic E-state index is 0.0849. The summed E-state index contributed by atoms with van der Waals surface area (Å²) in [6.07, 6.45) is 4.07. The molecule has 3 heterocycles. The number of nitrogens with two attached hydrogens (primary N) is 1. The fourth-order valence-corrected chi connectivity index (χ4v) is 2.96. The normalized spacial score (nSPS) is 15.0. The van der Waals surface area contributed by atoms with E-state index in [1.807, 2.05) is 13.1 Å². The molecule has 1 fully saturated rings. The summed E-state index contributed by atoms with van der Waals surface area (Å²) in [4.78, 5) is 8.67. The highest BCUT2D eigenvalue weighted by Gasteiger charge is 2.27. The van der Waals surface area contributed by atoms with Crippen LogP contribution in [-0.4, -0.2) is 26.3 Å². The molecule has 1 aliphatic carbocycles. The number of nitrogens with zero attached hydrogens (tertiary/aromatic N) is 4. The molecule has 0 amide bonds. The quantitative estimate of drug-likeness (QED) is 0.686. The Labute approximate surface area is 161 Å². The van der Waals surface area contributed by atoms with E-state index in [1.54, 1.807) is 22.9 Å². The Kier molecular flexibility index (Phi) is 4.80. The lowest BCUT2D eigenvalue weighted by Gasteiger charge is -2.11. The summed E-state index contributed by atoms with van der Waals surface area (Å²) in [6.45, 7) is -0.0849. The molecule has 1 saturated carbocycles. The Bertz CT molecular complexity index is 955. The van der Waals surface area contributed by atoms with E-state index in [9.17, 15) is 4.39 Å². The molecule has 3 aromatic heterocycles. The van der Waals surface area contributed by atoms with Gasteiger partial charge in [0.1, 0.15) is 11.9 Å². The van der Waals surface area contributed by atoms with Crippen molar-refractivity contribution in [3.63, 3.8) is 0 Å². The van der Waals surface area contributed by atoms with Crippen molar-refractivity contribution in [3.05, 3.63) is 52.9 Å². The first-order valence-electron chi connectivity index (χ1n) is 8.73. The van der Waals surface area contributed by atoms with Crippen LogP contribution in [0.5, 0.6) is 11.6 Å². The second kappa shape index (κ2) is 7.25. The summed E-state index contributed by atoms with van der Waals surface area (Å²) in [5, 5.41) is 4.95. The van der Waals surface area contributed by atoms with E-state index in [0.717, 1.165) is 18.5 Å². The van der Waals surface area contributed by atoms with E-state index >= 15 is 0 Å². The van der Waals surface area contributed by atoms with Gasteiger partial charge < -0.3 is 10.5 Å². The lowest BCUT2D eigenvalue weighted by Crippen LogP contribution is -2.08. The molecule has 0 unspecified atom stereocenters. The number of ether oxygens (including phenoxy) is 1. The maximum atomic E-state index is 13.7. The molecule has 0 aromatic carbocycles. The number of pyridine rings is 2. The molecule has 4 rings (SSSR count). The maximum Gasteiger partial charge on any atom is 0.217 e. The fraction of sp³-hybridized carbons (Fsp3) is 0.316. The van der Waals surface area contributed by atoms with E-state index < -0.39 is 6.17 Å². The smallest absolute Gasteiger partial charge is 0.217 e. The second-order valence-electron chi connectivity index (χ2n) is 6.59. The number of alkyl halides is 1. The number of halogens is 2. The van der Waals surface area contributed by atoms with Crippen molar-refractivity contribution in [1.82, 2.24) is 19.7 Å². The largest absolute Gasteiger partial charge is 0.437 e. The lowest BCUT2D eigenvalue weighted by atomic mass is 10.1. The zero-order valence-corrected chi connectivity index (χ0v) is 15.5. The SMILES string of the molecule is Cn1nc(C2CC2)cc1Oc1cc(Cl)cnc1-c1ccc([C@@H](F)CN)cn1. The van der Waals surface area contributed by atoms with E-state index in [1.165, 1.54) is 12.4 Å². The molecule has 140 valence electrons. The summed E-state index contributed by atoms with van der Waals surface area (Å²) < 4.78 is 21.5. The molecule has 0 aliphatic heterocycles. The van der Waals surface area contributed by atoms with Crippen LogP contribution < -0.4 is 10.5 Å². The first-order valence-corrected chi connectivity index (χ1v) is 9.10. The van der Waals surface area contributed by atoms with Crippen LogP contribution in [0, 0.1) is 0 Å². The molecule has 0 spiro atoms. The lowest BCUT2D eigenvalue weighted by molar-refractivity contribution is 0.352. The minimum Gasteiger partial charge on any atom is -0.437 e. The highest BCUT2D eigenvalue weighted by molar-refractivity contribution is 6.30. The first kappa shape index (κ1) is 17.9. The van der Waals surface area contributed by atoms with Gasteiger partial charge in [0.15, 0.2) is 5.75 Å². The fourth-order valence-electron chi connectivity index (χ4n) is 2.82. The molecule has 0 saturated heterocycles. The Morgan fingerprint density at radius 1 is 1.30 bits per heavy atom. The minimum atomic E-state index is -1.24. The molecule has 0 bridgehead atoms. The molecule has 8 heteroatoms. The van der Waals surface area contributed by atoms with Gasteiger partial charge in [-0.2, -0.15) is 5.10 Å². The van der Waals surface area contributed by atoms with Gasteiger partial charge in [-0.3, -0.25) is 4.98 Å². The van der Waals surface area contributed by atoms with Gasteiger partial charge in [-0.25, -0.2) is 14.1 Å². The van der Waals surface area contributed by atoms with Gasteiger partial charge in [0.25, 0.3) is 0 Å². The van der Waals surface area contributed by atoms with Crippen LogP contribution in [0.4, 0.5) is 4.39 Å². The van der Waals surface area contributed by atoms with Gasteiger partial charge in [-0.05, 0) is 18.9 Å². The predicted octanol–water partition coefficient (Wildman–Crippen LogP) is 4.17. The molecule has 2 N–H and O–H groups in total. The third kappa shape index (κ3) is 3.79. The molecular weight excluding hydrogens is 369 g/mol. The third-order valence-corrected chi connectivity index (χ3v) is 4.69. The van der Waals surface area contributed by atoms with E-state index in [0.29, 0.717) is 39.5 Å². The first-order chi connectivity index (χ1) is 13.0. The third-order valence-electron chi connectivity index (χ3n) is 4.48. The molecular formula is C19H19ClFN5O. The van der Waals surface area contributed by atoms with Crippen molar-refractivity contribution < 1.29 is 9.13 Å². The van der Waals surface area contributed by atoms with Crippen LogP contribution in [0.15, 0.2) is 36.7 Å². The van der Waals surface area contributed by atoms with Crippen LogP contribution in [0.1, 0.15) is 36.2 Å². The van der Waals surface area contributed by atoms with Gasteiger partial charge in [-0.15, -0.1) is 0 Å². The van der Waals surface area contributed by atoms with Gasteiger partial charge in [0.05, 0.1) is 16.4 Å². The Morgan fingerprint density at radius 2 is 2.11 bits per heavy atom. The molecule has 3 aromatic rings. The second-order valence-corrected chi connectivity index (χ2v) is 7.02. The van der Waals surface area contributed by atoms with Gasteiger partial charge >= 0.3 is 0 Å². The number of hydrogen-bond acceptors (Lipinski definition) is 5. The van der Waals surface area contributed by atoms with Crippen molar-refractivity contribution in [1.29, 1.82) is 0 Å². The molecule has 0 radical (unpaired) electrons. The van der Waals surface area contributed by atoms with Crippen LogP contribution in [-0.2, 0) is 7.05 Å². The topological polar surface area (TPSA) is 78.8 Å². The zero-order valence-electron chi connectivity index (χ0n) is 14.8. The van der Waals surface area contributed by atoms with E-state index in [-0.39, 0.29) is 6.54 Å². The summed E-state index contributed by atoms with van der Waals surface area (Å²) in [5.74, 6) is 1.59. The average molecular weight is 388 g/mol. The molecule has 1 atom stereocenters. The van der Waals surface area contributed by atoms with E-state index in [2.05, 4.69) is 15.1 Å². The number of aryl methyl sites for hydroxylation is 1. The van der Waals surface area contributed by atoms with Crippen molar-refractivity contribution >= 4 is 11.6 Å². The van der Waals surface area contributed by atoms with Crippen LogP contribution in [0.3, 0.4) is 0 Å². The zero-order chi connectivity index (χ0) is 19.0. The van der Waals surface area contributed by atoms with Crippen LogP contribution in [0.25, 0.3) is 11.4 Å². The van der Waals surface area contributed by atoms with Crippen LogP contribution in [0.2, 0.25) is 5.02 Å². The Hall–Kier alpha value is -2.51. The summed E-state index contributed by atoms with van der Waals surface area (Å²) in [7, 11) is 1.83. The van der Waals surface area contributed by atoms with Crippen LogP contribution >= 0.6 is 11.6 Å². The number of aromatic nitrogens is 4. The monoisotopic (exact) mass is 387 g/mol. The van der Waals surface area contributed by atoms with Gasteiger partial charge in [-0.1, -0.05) is 17.7 Å². The number of hydrogen-bond donors (Lipinski definition) is 1. The molecule has 1 aliphatic rings. The highest BCUT2D eigenvalue weighted by Crippen LogP contribution is 2.41. The molecule has 27 heavy (non-hydrogen) atoms. The van der Waals surface area contributed by atoms with E-state index in [4.69, 9.17) is 22.1 Å². The highest BCUT2D eigenvalue weighted by atomic mass is 35.5. The van der Waals surface area contributed by atoms with Gasteiger partial charge in [0, 0.05) is 49.6 Å². The summed E-state index contributed by atoms with van der Waals surface area (Å²) in [6, 6.07) is 6.96. The average Bonchev–Trinajstić information content (AvgIpc) is 3.46. The number of rotatable bonds is 6. The maximum absolute atomic E-state index is 13.7. The van der Waals surface area contributed by atoms with Crippen molar-refractivity contribution in [2.24, 2.45) is 12.8 Å². The summed E-state index contributed by atoms with van der Waals surface area (Å²) >= 11 is 6.11. The van der Waals surface area contributed by atoms with Crippen molar-refractivity contribution in [2.75, 3.05) is 6.54 Å². The molecule has 6 nitrogen and oxygen atoms in total. The predicted molar refractivity (Wildman–Crippen MR) is 101 cm³/mol.